The van der Waals surface area contributed by atoms with Crippen molar-refractivity contribution in [3.8, 4) is 11.1 Å². The molecule has 1 aliphatic heterocycles. The van der Waals surface area contributed by atoms with Crippen molar-refractivity contribution in [1.29, 1.82) is 0 Å². The normalized spacial score (nSPS) is 15.8. The number of benzene rings is 2. The monoisotopic (exact) mass is 353 g/mol. The largest absolute Gasteiger partial charge is 0.391 e. The highest BCUT2D eigenvalue weighted by Crippen LogP contribution is 2.31. The molecule has 2 amide bonds. The number of nitrogens with zero attached hydrogens (tertiary/aromatic N) is 2. The van der Waals surface area contributed by atoms with Crippen LogP contribution in [0.3, 0.4) is 0 Å². The summed E-state index contributed by atoms with van der Waals surface area (Å²) in [6.45, 7) is 0.904. The summed E-state index contributed by atoms with van der Waals surface area (Å²) in [7, 11) is 0. The van der Waals surface area contributed by atoms with Crippen molar-refractivity contribution >= 4 is 17.5 Å². The molecule has 136 valence electrons. The first-order chi connectivity index (χ1) is 12.6. The van der Waals surface area contributed by atoms with Gasteiger partial charge in [-0.15, -0.1) is 0 Å². The van der Waals surface area contributed by atoms with Gasteiger partial charge in [-0.05, 0) is 11.6 Å². The second-order valence-electron chi connectivity index (χ2n) is 6.34. The quantitative estimate of drug-likeness (QED) is 0.847. The van der Waals surface area contributed by atoms with Gasteiger partial charge in [-0.1, -0.05) is 48.5 Å². The maximum absolute atomic E-state index is 12.7. The molecule has 0 spiro atoms. The Morgan fingerprint density at radius 1 is 1.08 bits per heavy atom. The summed E-state index contributed by atoms with van der Waals surface area (Å²) < 4.78 is 0. The average Bonchev–Trinajstić information content (AvgIpc) is 2.68. The number of carbonyl (C=O) groups is 2. The highest BCUT2D eigenvalue weighted by atomic mass is 16.3. The molecule has 0 bridgehead atoms. The standard InChI is InChI=1S/C20H23N3O3/c21-13-16(24)12-19(25)22-10-11-23(20(26)14-22)18-9-5-4-8-17(18)15-6-2-1-3-7-15/h1-9,16,24H,10-14,21H2. The summed E-state index contributed by atoms with van der Waals surface area (Å²) in [6.07, 6.45) is -0.917. The van der Waals surface area contributed by atoms with Crippen LogP contribution in [0.5, 0.6) is 0 Å². The van der Waals surface area contributed by atoms with Gasteiger partial charge in [-0.25, -0.2) is 0 Å². The third-order valence-corrected chi connectivity index (χ3v) is 4.54. The van der Waals surface area contributed by atoms with Gasteiger partial charge in [0.2, 0.25) is 11.8 Å². The summed E-state index contributed by atoms with van der Waals surface area (Å²) >= 11 is 0. The van der Waals surface area contributed by atoms with E-state index < -0.39 is 6.10 Å². The molecule has 3 rings (SSSR count). The predicted molar refractivity (Wildman–Crippen MR) is 100 cm³/mol. The predicted octanol–water partition coefficient (Wildman–Crippen LogP) is 1.24. The molecule has 2 aromatic rings. The maximum Gasteiger partial charge on any atom is 0.246 e. The van der Waals surface area contributed by atoms with Crippen LogP contribution in [-0.4, -0.2) is 54.1 Å². The van der Waals surface area contributed by atoms with Gasteiger partial charge in [-0.2, -0.15) is 0 Å². The summed E-state index contributed by atoms with van der Waals surface area (Å²) in [5.41, 5.74) is 8.22. The van der Waals surface area contributed by atoms with E-state index in [-0.39, 0.29) is 31.3 Å². The minimum Gasteiger partial charge on any atom is -0.391 e. The number of nitrogens with two attached hydrogens (primary N) is 1. The van der Waals surface area contributed by atoms with Gasteiger partial charge >= 0.3 is 0 Å². The maximum atomic E-state index is 12.7. The minimum absolute atomic E-state index is 0.0131. The lowest BCUT2D eigenvalue weighted by molar-refractivity contribution is -0.138. The summed E-state index contributed by atoms with van der Waals surface area (Å²) in [5, 5.41) is 9.55. The SMILES string of the molecule is NCC(O)CC(=O)N1CCN(c2ccccc2-c2ccccc2)C(=O)C1. The number of aliphatic hydroxyl groups excluding tert-OH is 1. The van der Waals surface area contributed by atoms with E-state index in [1.807, 2.05) is 54.6 Å². The first-order valence-corrected chi connectivity index (χ1v) is 8.71. The van der Waals surface area contributed by atoms with Crippen molar-refractivity contribution in [2.45, 2.75) is 12.5 Å². The van der Waals surface area contributed by atoms with Crippen LogP contribution in [-0.2, 0) is 9.59 Å². The van der Waals surface area contributed by atoms with Crippen LogP contribution in [0, 0.1) is 0 Å². The summed E-state index contributed by atoms with van der Waals surface area (Å²) in [5.74, 6) is -0.373. The fourth-order valence-electron chi connectivity index (χ4n) is 3.13. The zero-order valence-corrected chi connectivity index (χ0v) is 14.5. The van der Waals surface area contributed by atoms with E-state index in [1.54, 1.807) is 4.90 Å². The number of aliphatic hydroxyl groups is 1. The molecule has 1 unspecified atom stereocenters. The number of amides is 2. The molecule has 1 aliphatic rings. The van der Waals surface area contributed by atoms with Gasteiger partial charge in [0.15, 0.2) is 0 Å². The van der Waals surface area contributed by atoms with E-state index in [9.17, 15) is 14.7 Å². The molecule has 3 N–H and O–H groups in total. The van der Waals surface area contributed by atoms with Crippen molar-refractivity contribution in [3.63, 3.8) is 0 Å². The van der Waals surface area contributed by atoms with Gasteiger partial charge < -0.3 is 20.6 Å². The van der Waals surface area contributed by atoms with Gasteiger partial charge in [0.1, 0.15) is 6.54 Å². The number of rotatable bonds is 5. The number of carbonyl (C=O) groups excluding carboxylic acids is 2. The van der Waals surface area contributed by atoms with Crippen LogP contribution >= 0.6 is 0 Å². The molecular formula is C20H23N3O3. The molecule has 2 aromatic carbocycles. The van der Waals surface area contributed by atoms with Crippen molar-refractivity contribution in [1.82, 2.24) is 4.90 Å². The Morgan fingerprint density at radius 2 is 1.77 bits per heavy atom. The van der Waals surface area contributed by atoms with E-state index in [2.05, 4.69) is 0 Å². The molecule has 26 heavy (non-hydrogen) atoms. The van der Waals surface area contributed by atoms with Crippen molar-refractivity contribution in [2.75, 3.05) is 31.1 Å². The van der Waals surface area contributed by atoms with Crippen molar-refractivity contribution < 1.29 is 14.7 Å². The Bertz CT molecular complexity index is 779. The summed E-state index contributed by atoms with van der Waals surface area (Å²) in [6, 6.07) is 17.7. The van der Waals surface area contributed by atoms with Crippen LogP contribution in [0.15, 0.2) is 54.6 Å². The molecule has 0 saturated carbocycles. The van der Waals surface area contributed by atoms with Gasteiger partial charge in [0.05, 0.1) is 18.2 Å². The Morgan fingerprint density at radius 3 is 2.46 bits per heavy atom. The fourth-order valence-corrected chi connectivity index (χ4v) is 3.13. The highest BCUT2D eigenvalue weighted by Gasteiger charge is 2.29. The molecule has 6 heteroatoms. The first kappa shape index (κ1) is 18.1. The number of para-hydroxylation sites is 1. The van der Waals surface area contributed by atoms with E-state index in [0.29, 0.717) is 13.1 Å². The molecule has 0 aliphatic carbocycles. The first-order valence-electron chi connectivity index (χ1n) is 8.71. The topological polar surface area (TPSA) is 86.9 Å². The van der Waals surface area contributed by atoms with Crippen LogP contribution in [0.2, 0.25) is 0 Å². The number of piperazine rings is 1. The molecular weight excluding hydrogens is 330 g/mol. The lowest BCUT2D eigenvalue weighted by Crippen LogP contribution is -2.53. The zero-order valence-electron chi connectivity index (χ0n) is 14.5. The Balaban J connectivity index is 1.77. The third kappa shape index (κ3) is 3.92. The van der Waals surface area contributed by atoms with Gasteiger partial charge in [-0.3, -0.25) is 9.59 Å². The lowest BCUT2D eigenvalue weighted by Gasteiger charge is -2.35. The van der Waals surface area contributed by atoms with Crippen molar-refractivity contribution in [2.24, 2.45) is 5.73 Å². The molecule has 0 aromatic heterocycles. The van der Waals surface area contributed by atoms with E-state index in [1.165, 1.54) is 4.90 Å². The van der Waals surface area contributed by atoms with Crippen LogP contribution in [0.4, 0.5) is 5.69 Å². The third-order valence-electron chi connectivity index (χ3n) is 4.54. The van der Waals surface area contributed by atoms with Crippen LogP contribution in [0.1, 0.15) is 6.42 Å². The highest BCUT2D eigenvalue weighted by molar-refractivity contribution is 6.01. The molecule has 1 fully saturated rings. The number of anilines is 1. The smallest absolute Gasteiger partial charge is 0.246 e. The number of hydrogen-bond donors (Lipinski definition) is 2. The van der Waals surface area contributed by atoms with E-state index in [0.717, 1.165) is 16.8 Å². The average molecular weight is 353 g/mol. The Kier molecular flexibility index (Phi) is 5.65. The second-order valence-corrected chi connectivity index (χ2v) is 6.34. The lowest BCUT2D eigenvalue weighted by atomic mass is 10.0. The van der Waals surface area contributed by atoms with E-state index in [4.69, 9.17) is 5.73 Å². The molecule has 1 saturated heterocycles. The van der Waals surface area contributed by atoms with Gasteiger partial charge in [0.25, 0.3) is 0 Å². The van der Waals surface area contributed by atoms with Crippen LogP contribution < -0.4 is 10.6 Å². The Hall–Kier alpha value is -2.70. The number of hydrogen-bond acceptors (Lipinski definition) is 4. The Labute approximate surface area is 152 Å². The fraction of sp³-hybridized carbons (Fsp3) is 0.300. The minimum atomic E-state index is -0.866. The second kappa shape index (κ2) is 8.12. The van der Waals surface area contributed by atoms with Crippen LogP contribution in [0.25, 0.3) is 11.1 Å². The van der Waals surface area contributed by atoms with E-state index >= 15 is 0 Å². The molecule has 1 atom stereocenters. The van der Waals surface area contributed by atoms with Crippen molar-refractivity contribution in [3.05, 3.63) is 54.6 Å². The molecule has 1 heterocycles. The van der Waals surface area contributed by atoms with Gasteiger partial charge in [0, 0.05) is 25.2 Å². The zero-order chi connectivity index (χ0) is 18.5. The molecule has 0 radical (unpaired) electrons. The molecule has 6 nitrogen and oxygen atoms in total. The summed E-state index contributed by atoms with van der Waals surface area (Å²) in [4.78, 5) is 28.1.